The van der Waals surface area contributed by atoms with E-state index in [4.69, 9.17) is 0 Å². The highest BCUT2D eigenvalue weighted by molar-refractivity contribution is 5.37. The number of hydrogen-bond acceptors (Lipinski definition) is 4. The number of aromatic nitrogens is 2. The monoisotopic (exact) mass is 261 g/mol. The van der Waals surface area contributed by atoms with Gasteiger partial charge in [-0.2, -0.15) is 5.10 Å². The predicted molar refractivity (Wildman–Crippen MR) is 73.1 cm³/mol. The van der Waals surface area contributed by atoms with E-state index in [1.54, 1.807) is 16.8 Å². The lowest BCUT2D eigenvalue weighted by molar-refractivity contribution is 0.446. The standard InChI is InChI=1S/C14H19N3O2/c1-10(11-7-13(18)9-14(19)8-11)15-5-3-12-4-6-17(2)16-12/h4,6-10,15,18-19H,3,5H2,1-2H3. The van der Waals surface area contributed by atoms with Crippen molar-refractivity contribution in [1.82, 2.24) is 15.1 Å². The van der Waals surface area contributed by atoms with Gasteiger partial charge in [0.15, 0.2) is 0 Å². The number of aryl methyl sites for hydroxylation is 1. The first-order valence-electron chi connectivity index (χ1n) is 6.29. The molecule has 1 aromatic heterocycles. The van der Waals surface area contributed by atoms with Crippen molar-refractivity contribution in [3.63, 3.8) is 0 Å². The van der Waals surface area contributed by atoms with Crippen molar-refractivity contribution in [1.29, 1.82) is 0 Å². The van der Waals surface area contributed by atoms with E-state index in [1.165, 1.54) is 6.07 Å². The summed E-state index contributed by atoms with van der Waals surface area (Å²) in [7, 11) is 1.90. The van der Waals surface area contributed by atoms with E-state index in [2.05, 4.69) is 10.4 Å². The summed E-state index contributed by atoms with van der Waals surface area (Å²) in [5.74, 6) is 0.154. The largest absolute Gasteiger partial charge is 0.508 e. The second-order valence-electron chi connectivity index (χ2n) is 4.69. The van der Waals surface area contributed by atoms with Crippen LogP contribution in [0.2, 0.25) is 0 Å². The summed E-state index contributed by atoms with van der Waals surface area (Å²) in [5.41, 5.74) is 1.90. The third-order valence-electron chi connectivity index (χ3n) is 3.03. The van der Waals surface area contributed by atoms with Crippen molar-refractivity contribution >= 4 is 0 Å². The SMILES string of the molecule is CC(NCCc1ccn(C)n1)c1cc(O)cc(O)c1. The molecule has 1 aromatic carbocycles. The Labute approximate surface area is 112 Å². The van der Waals surface area contributed by atoms with Gasteiger partial charge in [0.1, 0.15) is 11.5 Å². The van der Waals surface area contributed by atoms with E-state index < -0.39 is 0 Å². The quantitative estimate of drug-likeness (QED) is 0.766. The Morgan fingerprint density at radius 3 is 2.53 bits per heavy atom. The van der Waals surface area contributed by atoms with E-state index in [0.717, 1.165) is 24.2 Å². The molecule has 0 bridgehead atoms. The van der Waals surface area contributed by atoms with Gasteiger partial charge in [-0.3, -0.25) is 4.68 Å². The molecule has 102 valence electrons. The molecule has 19 heavy (non-hydrogen) atoms. The van der Waals surface area contributed by atoms with Crippen molar-refractivity contribution in [3.05, 3.63) is 41.7 Å². The lowest BCUT2D eigenvalue weighted by atomic mass is 10.1. The number of nitrogens with zero attached hydrogens (tertiary/aromatic N) is 2. The van der Waals surface area contributed by atoms with E-state index in [9.17, 15) is 10.2 Å². The molecular formula is C14H19N3O2. The van der Waals surface area contributed by atoms with Gasteiger partial charge in [0, 0.05) is 38.3 Å². The molecule has 3 N–H and O–H groups in total. The minimum Gasteiger partial charge on any atom is -0.508 e. The van der Waals surface area contributed by atoms with Crippen LogP contribution in [0.1, 0.15) is 24.2 Å². The van der Waals surface area contributed by atoms with E-state index in [1.807, 2.05) is 26.2 Å². The van der Waals surface area contributed by atoms with E-state index in [0.29, 0.717) is 0 Å². The van der Waals surface area contributed by atoms with E-state index >= 15 is 0 Å². The Bertz CT molecular complexity index is 531. The van der Waals surface area contributed by atoms with Gasteiger partial charge in [-0.25, -0.2) is 0 Å². The molecule has 0 amide bonds. The minimum atomic E-state index is 0.0571. The fourth-order valence-electron chi connectivity index (χ4n) is 2.00. The van der Waals surface area contributed by atoms with Gasteiger partial charge < -0.3 is 15.5 Å². The number of phenolic OH excluding ortho intramolecular Hbond substituents is 2. The molecule has 1 unspecified atom stereocenters. The first-order valence-corrected chi connectivity index (χ1v) is 6.29. The summed E-state index contributed by atoms with van der Waals surface area (Å²) in [4.78, 5) is 0. The van der Waals surface area contributed by atoms with Crippen LogP contribution >= 0.6 is 0 Å². The van der Waals surface area contributed by atoms with Crippen LogP contribution in [-0.2, 0) is 13.5 Å². The van der Waals surface area contributed by atoms with Gasteiger partial charge in [0.2, 0.25) is 0 Å². The molecule has 1 heterocycles. The molecule has 2 aromatic rings. The maximum atomic E-state index is 9.45. The molecular weight excluding hydrogens is 242 g/mol. The molecule has 0 radical (unpaired) electrons. The average molecular weight is 261 g/mol. The number of rotatable bonds is 5. The van der Waals surface area contributed by atoms with Gasteiger partial charge in [0.25, 0.3) is 0 Å². The van der Waals surface area contributed by atoms with Crippen LogP contribution in [0.5, 0.6) is 11.5 Å². The number of phenols is 2. The average Bonchev–Trinajstić information content (AvgIpc) is 2.73. The molecule has 0 aliphatic heterocycles. The Balaban J connectivity index is 1.88. The molecule has 2 rings (SSSR count). The van der Waals surface area contributed by atoms with Crippen molar-refractivity contribution in [2.75, 3.05) is 6.54 Å². The van der Waals surface area contributed by atoms with Crippen LogP contribution in [0.15, 0.2) is 30.5 Å². The summed E-state index contributed by atoms with van der Waals surface area (Å²) in [6.45, 7) is 2.78. The zero-order valence-electron chi connectivity index (χ0n) is 11.2. The number of aromatic hydroxyl groups is 2. The molecule has 0 saturated heterocycles. The van der Waals surface area contributed by atoms with Crippen LogP contribution in [0, 0.1) is 0 Å². The summed E-state index contributed by atoms with van der Waals surface area (Å²) >= 11 is 0. The minimum absolute atomic E-state index is 0.0571. The summed E-state index contributed by atoms with van der Waals surface area (Å²) in [5, 5.41) is 26.5. The highest BCUT2D eigenvalue weighted by Gasteiger charge is 2.07. The second kappa shape index (κ2) is 5.75. The molecule has 0 spiro atoms. The Morgan fingerprint density at radius 1 is 1.26 bits per heavy atom. The second-order valence-corrected chi connectivity index (χ2v) is 4.69. The Morgan fingerprint density at radius 2 is 1.95 bits per heavy atom. The van der Waals surface area contributed by atoms with Gasteiger partial charge in [0.05, 0.1) is 5.69 Å². The maximum Gasteiger partial charge on any atom is 0.119 e. The lowest BCUT2D eigenvalue weighted by Crippen LogP contribution is -2.21. The molecule has 1 atom stereocenters. The van der Waals surface area contributed by atoms with Crippen molar-refractivity contribution in [3.8, 4) is 11.5 Å². The van der Waals surface area contributed by atoms with E-state index in [-0.39, 0.29) is 17.5 Å². The smallest absolute Gasteiger partial charge is 0.119 e. The van der Waals surface area contributed by atoms with Gasteiger partial charge in [-0.1, -0.05) is 0 Å². The summed E-state index contributed by atoms with van der Waals surface area (Å²) < 4.78 is 1.78. The van der Waals surface area contributed by atoms with Crippen LogP contribution in [0.3, 0.4) is 0 Å². The number of nitrogens with one attached hydrogen (secondary N) is 1. The van der Waals surface area contributed by atoms with Gasteiger partial charge in [-0.05, 0) is 30.7 Å². The molecule has 5 heteroatoms. The first-order chi connectivity index (χ1) is 9.04. The van der Waals surface area contributed by atoms with Crippen molar-refractivity contribution < 1.29 is 10.2 Å². The van der Waals surface area contributed by atoms with Crippen LogP contribution in [-0.4, -0.2) is 26.5 Å². The Hall–Kier alpha value is -2.01. The van der Waals surface area contributed by atoms with Gasteiger partial charge in [-0.15, -0.1) is 0 Å². The van der Waals surface area contributed by atoms with Crippen LogP contribution in [0.25, 0.3) is 0 Å². The molecule has 5 nitrogen and oxygen atoms in total. The zero-order chi connectivity index (χ0) is 13.8. The van der Waals surface area contributed by atoms with Crippen molar-refractivity contribution in [2.24, 2.45) is 7.05 Å². The fourth-order valence-corrected chi connectivity index (χ4v) is 2.00. The number of hydrogen-bond donors (Lipinski definition) is 3. The molecule has 0 fully saturated rings. The van der Waals surface area contributed by atoms with Gasteiger partial charge >= 0.3 is 0 Å². The van der Waals surface area contributed by atoms with Crippen molar-refractivity contribution in [2.45, 2.75) is 19.4 Å². The topological polar surface area (TPSA) is 70.3 Å². The molecule has 0 saturated carbocycles. The third kappa shape index (κ3) is 3.72. The summed E-state index contributed by atoms with van der Waals surface area (Å²) in [6, 6.07) is 6.68. The highest BCUT2D eigenvalue weighted by atomic mass is 16.3. The fraction of sp³-hybridized carbons (Fsp3) is 0.357. The third-order valence-corrected chi connectivity index (χ3v) is 3.03. The number of benzene rings is 1. The summed E-state index contributed by atoms with van der Waals surface area (Å²) in [6.07, 6.45) is 2.77. The van der Waals surface area contributed by atoms with Crippen LogP contribution in [0.4, 0.5) is 0 Å². The molecule has 0 aliphatic carbocycles. The lowest BCUT2D eigenvalue weighted by Gasteiger charge is -2.14. The maximum absolute atomic E-state index is 9.45. The Kier molecular flexibility index (Phi) is 4.06. The predicted octanol–water partition coefficient (Wildman–Crippen LogP) is 1.72. The highest BCUT2D eigenvalue weighted by Crippen LogP contribution is 2.24. The first kappa shape index (κ1) is 13.4. The normalized spacial score (nSPS) is 12.5. The molecule has 0 aliphatic rings. The zero-order valence-corrected chi connectivity index (χ0v) is 11.2. The van der Waals surface area contributed by atoms with Crippen LogP contribution < -0.4 is 5.32 Å².